The Morgan fingerprint density at radius 2 is 2.11 bits per heavy atom. The molecule has 0 aliphatic rings. The van der Waals surface area contributed by atoms with Gasteiger partial charge in [-0.2, -0.15) is 0 Å². The molecule has 0 spiro atoms. The third-order valence-electron chi connectivity index (χ3n) is 2.81. The summed E-state index contributed by atoms with van der Waals surface area (Å²) < 4.78 is 5.13. The van der Waals surface area contributed by atoms with Crippen molar-refractivity contribution in [3.05, 3.63) is 21.9 Å². The van der Waals surface area contributed by atoms with Crippen LogP contribution in [0.3, 0.4) is 0 Å². The van der Waals surface area contributed by atoms with Crippen molar-refractivity contribution in [3.63, 3.8) is 0 Å². The topological polar surface area (TPSA) is 41.5 Å². The van der Waals surface area contributed by atoms with Gasteiger partial charge in [-0.25, -0.2) is 0 Å². The molecule has 1 aromatic heterocycles. The van der Waals surface area contributed by atoms with E-state index in [9.17, 15) is 0 Å². The second-order valence-corrected chi connectivity index (χ2v) is 6.73. The monoisotopic (exact) mass is 271 g/mol. The first-order valence-electron chi connectivity index (χ1n) is 6.39. The zero-order chi connectivity index (χ0) is 13.6. The number of nitrogens with one attached hydrogen (secondary N) is 1. The molecule has 1 rings (SSSR count). The van der Waals surface area contributed by atoms with Gasteiger partial charge < -0.3 is 15.2 Å². The second kappa shape index (κ2) is 7.24. The predicted octanol–water partition coefficient (Wildman–Crippen LogP) is 2.53. The molecule has 2 N–H and O–H groups in total. The maximum absolute atomic E-state index is 8.98. The Kier molecular flexibility index (Phi) is 6.29. The number of methoxy groups -OCH3 is 1. The van der Waals surface area contributed by atoms with Gasteiger partial charge in [0.2, 0.25) is 0 Å². The van der Waals surface area contributed by atoms with Crippen LogP contribution in [0.1, 0.15) is 36.9 Å². The number of rotatable bonds is 7. The van der Waals surface area contributed by atoms with Gasteiger partial charge in [0, 0.05) is 36.1 Å². The molecule has 0 amide bonds. The molecule has 3 nitrogen and oxygen atoms in total. The summed E-state index contributed by atoms with van der Waals surface area (Å²) in [6.45, 7) is 8.37. The van der Waals surface area contributed by atoms with E-state index in [-0.39, 0.29) is 18.1 Å². The van der Waals surface area contributed by atoms with Crippen molar-refractivity contribution < 1.29 is 9.84 Å². The third-order valence-corrected chi connectivity index (χ3v) is 4.32. The van der Waals surface area contributed by atoms with Crippen molar-refractivity contribution in [2.75, 3.05) is 20.3 Å². The third kappa shape index (κ3) is 5.06. The van der Waals surface area contributed by atoms with Crippen LogP contribution in [0.2, 0.25) is 0 Å². The van der Waals surface area contributed by atoms with Gasteiger partial charge in [0.25, 0.3) is 0 Å². The van der Waals surface area contributed by atoms with Crippen LogP contribution in [0.15, 0.2) is 12.1 Å². The predicted molar refractivity (Wildman–Crippen MR) is 77.2 cm³/mol. The van der Waals surface area contributed by atoms with Crippen LogP contribution < -0.4 is 5.32 Å². The van der Waals surface area contributed by atoms with Crippen LogP contribution in [-0.2, 0) is 16.7 Å². The van der Waals surface area contributed by atoms with Gasteiger partial charge in [0.15, 0.2) is 0 Å². The lowest BCUT2D eigenvalue weighted by atomic mass is 9.95. The molecule has 0 aliphatic heterocycles. The Morgan fingerprint density at radius 3 is 2.61 bits per heavy atom. The van der Waals surface area contributed by atoms with Crippen molar-refractivity contribution >= 4 is 11.3 Å². The largest absolute Gasteiger partial charge is 0.396 e. The lowest BCUT2D eigenvalue weighted by Crippen LogP contribution is -2.33. The van der Waals surface area contributed by atoms with E-state index in [0.29, 0.717) is 6.61 Å². The molecule has 0 fully saturated rings. The van der Waals surface area contributed by atoms with Crippen molar-refractivity contribution in [3.8, 4) is 0 Å². The second-order valence-electron chi connectivity index (χ2n) is 5.56. The quantitative estimate of drug-likeness (QED) is 0.801. The lowest BCUT2D eigenvalue weighted by molar-refractivity contribution is 0.148. The Hall–Kier alpha value is -0.420. The summed E-state index contributed by atoms with van der Waals surface area (Å²) in [5.41, 5.74) is 0.222. The van der Waals surface area contributed by atoms with Gasteiger partial charge in [-0.05, 0) is 24.0 Å². The van der Waals surface area contributed by atoms with Gasteiger partial charge >= 0.3 is 0 Å². The summed E-state index contributed by atoms with van der Waals surface area (Å²) in [6.07, 6.45) is 0.728. The summed E-state index contributed by atoms with van der Waals surface area (Å²) >= 11 is 1.85. The molecule has 1 unspecified atom stereocenters. The van der Waals surface area contributed by atoms with Crippen LogP contribution in [0.4, 0.5) is 0 Å². The average molecular weight is 271 g/mol. The van der Waals surface area contributed by atoms with Crippen molar-refractivity contribution in [1.82, 2.24) is 5.32 Å². The zero-order valence-electron chi connectivity index (χ0n) is 11.8. The fourth-order valence-corrected chi connectivity index (χ4v) is 2.74. The fourth-order valence-electron chi connectivity index (χ4n) is 1.72. The van der Waals surface area contributed by atoms with Crippen molar-refractivity contribution in [2.24, 2.45) is 0 Å². The number of ether oxygens (including phenoxy) is 1. The van der Waals surface area contributed by atoms with E-state index in [1.54, 1.807) is 7.11 Å². The van der Waals surface area contributed by atoms with Crippen LogP contribution in [0.25, 0.3) is 0 Å². The number of aliphatic hydroxyl groups excluding tert-OH is 1. The highest BCUT2D eigenvalue weighted by molar-refractivity contribution is 7.12. The molecule has 0 radical (unpaired) electrons. The van der Waals surface area contributed by atoms with E-state index >= 15 is 0 Å². The minimum atomic E-state index is 0.193. The highest BCUT2D eigenvalue weighted by Gasteiger charge is 2.16. The van der Waals surface area contributed by atoms with E-state index < -0.39 is 0 Å². The van der Waals surface area contributed by atoms with Gasteiger partial charge in [-0.1, -0.05) is 20.8 Å². The molecule has 0 bridgehead atoms. The SMILES string of the molecule is COCC(CCO)NCc1ccc(C(C)(C)C)s1. The van der Waals surface area contributed by atoms with Gasteiger partial charge in [0.1, 0.15) is 0 Å². The van der Waals surface area contributed by atoms with Crippen LogP contribution in [-0.4, -0.2) is 31.5 Å². The molecule has 1 heterocycles. The number of hydrogen-bond acceptors (Lipinski definition) is 4. The van der Waals surface area contributed by atoms with Crippen LogP contribution >= 0.6 is 11.3 Å². The highest BCUT2D eigenvalue weighted by Crippen LogP contribution is 2.29. The molecule has 4 heteroatoms. The van der Waals surface area contributed by atoms with Crippen LogP contribution in [0, 0.1) is 0 Å². The Balaban J connectivity index is 2.49. The van der Waals surface area contributed by atoms with Crippen molar-refractivity contribution in [2.45, 2.75) is 45.2 Å². The zero-order valence-corrected chi connectivity index (χ0v) is 12.6. The molecule has 1 atom stereocenters. The molecule has 18 heavy (non-hydrogen) atoms. The Morgan fingerprint density at radius 1 is 1.39 bits per heavy atom. The molecule has 0 saturated carbocycles. The van der Waals surface area contributed by atoms with Gasteiger partial charge in [0.05, 0.1) is 6.61 Å². The average Bonchev–Trinajstić information content (AvgIpc) is 2.75. The highest BCUT2D eigenvalue weighted by atomic mass is 32.1. The fraction of sp³-hybridized carbons (Fsp3) is 0.714. The lowest BCUT2D eigenvalue weighted by Gasteiger charge is -2.17. The summed E-state index contributed by atoms with van der Waals surface area (Å²) in [5.74, 6) is 0. The first kappa shape index (κ1) is 15.6. The van der Waals surface area contributed by atoms with E-state index in [4.69, 9.17) is 9.84 Å². The molecule has 0 aromatic carbocycles. The maximum Gasteiger partial charge on any atom is 0.0616 e. The summed E-state index contributed by atoms with van der Waals surface area (Å²) in [5, 5.41) is 12.4. The first-order valence-corrected chi connectivity index (χ1v) is 7.21. The minimum absolute atomic E-state index is 0.193. The first-order chi connectivity index (χ1) is 8.47. The van der Waals surface area contributed by atoms with E-state index in [1.165, 1.54) is 9.75 Å². The van der Waals surface area contributed by atoms with Crippen molar-refractivity contribution in [1.29, 1.82) is 0 Å². The normalized spacial score (nSPS) is 13.8. The van der Waals surface area contributed by atoms with E-state index in [2.05, 4.69) is 38.2 Å². The van der Waals surface area contributed by atoms with Crippen LogP contribution in [0.5, 0.6) is 0 Å². The van der Waals surface area contributed by atoms with E-state index in [1.807, 2.05) is 11.3 Å². The van der Waals surface area contributed by atoms with Gasteiger partial charge in [-0.3, -0.25) is 0 Å². The molecule has 0 aliphatic carbocycles. The molecule has 1 aromatic rings. The number of thiophene rings is 1. The number of aliphatic hydroxyl groups is 1. The summed E-state index contributed by atoms with van der Waals surface area (Å²) in [6, 6.07) is 4.61. The standard InChI is InChI=1S/C14H25NO2S/c1-14(2,3)13-6-5-12(18-13)9-15-11(7-8-16)10-17-4/h5-6,11,15-16H,7-10H2,1-4H3. The summed E-state index contributed by atoms with van der Waals surface area (Å²) in [4.78, 5) is 2.74. The molecule has 0 saturated heterocycles. The van der Waals surface area contributed by atoms with Gasteiger partial charge in [-0.15, -0.1) is 11.3 Å². The Labute approximate surface area is 114 Å². The Bertz CT molecular complexity index is 338. The smallest absolute Gasteiger partial charge is 0.0616 e. The maximum atomic E-state index is 8.98. The minimum Gasteiger partial charge on any atom is -0.396 e. The molecular formula is C14H25NO2S. The number of hydrogen-bond donors (Lipinski definition) is 2. The molecule has 104 valence electrons. The van der Waals surface area contributed by atoms with E-state index in [0.717, 1.165) is 13.0 Å². The summed E-state index contributed by atoms with van der Waals surface area (Å²) in [7, 11) is 1.69. The molecular weight excluding hydrogens is 246 g/mol.